The van der Waals surface area contributed by atoms with E-state index in [0.717, 1.165) is 28.4 Å². The summed E-state index contributed by atoms with van der Waals surface area (Å²) in [5.41, 5.74) is 4.20. The monoisotopic (exact) mass is 372 g/mol. The van der Waals surface area contributed by atoms with Crippen molar-refractivity contribution in [3.05, 3.63) is 41.2 Å². The third-order valence-corrected chi connectivity index (χ3v) is 5.25. The van der Waals surface area contributed by atoms with Crippen molar-refractivity contribution in [2.45, 2.75) is 58.5 Å². The van der Waals surface area contributed by atoms with E-state index < -0.39 is 0 Å². The molecule has 0 atom stereocenters. The van der Waals surface area contributed by atoms with Gasteiger partial charge in [0, 0.05) is 6.04 Å². The van der Waals surface area contributed by atoms with E-state index in [0.29, 0.717) is 17.7 Å². The zero-order valence-corrected chi connectivity index (χ0v) is 16.7. The first-order valence-corrected chi connectivity index (χ1v) is 9.72. The van der Waals surface area contributed by atoms with Gasteiger partial charge in [-0.05, 0) is 56.6 Å². The number of ether oxygens (including phenoxy) is 1. The van der Waals surface area contributed by atoms with Crippen LogP contribution in [0.25, 0.3) is 0 Å². The molecule has 1 aliphatic carbocycles. The zero-order valence-electron chi connectivity index (χ0n) is 15.8. The average molecular weight is 373 g/mol. The highest BCUT2D eigenvalue weighted by Gasteiger charge is 2.17. The fraction of sp³-hybridized carbons (Fsp3) is 0.500. The first kappa shape index (κ1) is 18.7. The molecular weight excluding hydrogens is 344 g/mol. The first-order valence-electron chi connectivity index (χ1n) is 9.31. The highest BCUT2D eigenvalue weighted by Crippen LogP contribution is 2.22. The number of nitrogens with zero attached hydrogens (tertiary/aromatic N) is 2. The van der Waals surface area contributed by atoms with Crippen molar-refractivity contribution in [1.29, 1.82) is 0 Å². The Kier molecular flexibility index (Phi) is 6.14. The van der Waals surface area contributed by atoms with Gasteiger partial charge in [0.2, 0.25) is 0 Å². The van der Waals surface area contributed by atoms with E-state index >= 15 is 0 Å². The molecule has 140 valence electrons. The molecule has 5 nitrogen and oxygen atoms in total. The van der Waals surface area contributed by atoms with E-state index in [-0.39, 0.29) is 0 Å². The van der Waals surface area contributed by atoms with Crippen molar-refractivity contribution in [2.24, 2.45) is 0 Å². The molecule has 1 heterocycles. The van der Waals surface area contributed by atoms with Crippen molar-refractivity contribution in [2.75, 3.05) is 12.4 Å². The molecule has 0 unspecified atom stereocenters. The summed E-state index contributed by atoms with van der Waals surface area (Å²) < 4.78 is 7.32. The predicted molar refractivity (Wildman–Crippen MR) is 110 cm³/mol. The largest absolute Gasteiger partial charge is 0.497 e. The Balaban J connectivity index is 1.67. The summed E-state index contributed by atoms with van der Waals surface area (Å²) in [6.45, 7) is 4.79. The summed E-state index contributed by atoms with van der Waals surface area (Å²) in [6.07, 6.45) is 6.32. The van der Waals surface area contributed by atoms with Gasteiger partial charge >= 0.3 is 0 Å². The third-order valence-electron chi connectivity index (χ3n) is 5.03. The summed E-state index contributed by atoms with van der Waals surface area (Å²) >= 11 is 5.53. The van der Waals surface area contributed by atoms with Crippen LogP contribution in [-0.4, -0.2) is 28.0 Å². The van der Waals surface area contributed by atoms with Crippen LogP contribution < -0.4 is 15.4 Å². The second-order valence-corrected chi connectivity index (χ2v) is 7.40. The van der Waals surface area contributed by atoms with Crippen LogP contribution in [0, 0.1) is 13.8 Å². The van der Waals surface area contributed by atoms with Crippen molar-refractivity contribution >= 4 is 23.0 Å². The van der Waals surface area contributed by atoms with E-state index in [4.69, 9.17) is 17.0 Å². The summed E-state index contributed by atoms with van der Waals surface area (Å²) in [4.78, 5) is 0. The van der Waals surface area contributed by atoms with Crippen LogP contribution in [0.5, 0.6) is 5.75 Å². The van der Waals surface area contributed by atoms with Crippen LogP contribution in [0.1, 0.15) is 49.1 Å². The molecule has 2 aromatic rings. The van der Waals surface area contributed by atoms with Crippen molar-refractivity contribution in [3.63, 3.8) is 0 Å². The minimum absolute atomic E-state index is 0.496. The second kappa shape index (κ2) is 8.54. The van der Waals surface area contributed by atoms with Gasteiger partial charge in [-0.25, -0.2) is 0 Å². The molecule has 0 aliphatic heterocycles. The number of anilines is 1. The molecule has 0 spiro atoms. The van der Waals surface area contributed by atoms with Crippen molar-refractivity contribution in [3.8, 4) is 5.75 Å². The Morgan fingerprint density at radius 2 is 2.04 bits per heavy atom. The lowest BCUT2D eigenvalue weighted by Gasteiger charge is -2.24. The fourth-order valence-corrected chi connectivity index (χ4v) is 3.83. The number of benzene rings is 1. The lowest BCUT2D eigenvalue weighted by Crippen LogP contribution is -2.39. The molecule has 0 radical (unpaired) electrons. The van der Waals surface area contributed by atoms with Gasteiger partial charge in [-0.2, -0.15) is 5.10 Å². The molecule has 2 N–H and O–H groups in total. The van der Waals surface area contributed by atoms with E-state index in [1.807, 2.05) is 29.8 Å². The van der Waals surface area contributed by atoms with Gasteiger partial charge < -0.3 is 15.4 Å². The number of aryl methyl sites for hydroxylation is 1. The minimum Gasteiger partial charge on any atom is -0.497 e. The molecular formula is C20H28N4OS. The number of aromatic nitrogens is 2. The topological polar surface area (TPSA) is 51.1 Å². The number of nitrogens with one attached hydrogen (secondary N) is 2. The standard InChI is InChI=1S/C20H28N4OS/c1-14-19(22-20(26)21-17-9-5-4-6-10-17)15(2)24(23-14)13-16-8-7-11-18(12-16)25-3/h7-8,11-12,17H,4-6,9-10,13H2,1-3H3,(H2,21,22,26). The predicted octanol–water partition coefficient (Wildman–Crippen LogP) is 4.18. The fourth-order valence-electron chi connectivity index (χ4n) is 3.56. The maximum absolute atomic E-state index is 5.53. The summed E-state index contributed by atoms with van der Waals surface area (Å²) in [6, 6.07) is 8.58. The molecule has 1 saturated carbocycles. The molecule has 1 aromatic carbocycles. The smallest absolute Gasteiger partial charge is 0.171 e. The number of thiocarbonyl (C=S) groups is 1. The molecule has 26 heavy (non-hydrogen) atoms. The quantitative estimate of drug-likeness (QED) is 0.771. The maximum atomic E-state index is 5.53. The average Bonchev–Trinajstić information content (AvgIpc) is 2.90. The van der Waals surface area contributed by atoms with Gasteiger partial charge in [-0.15, -0.1) is 0 Å². The highest BCUT2D eigenvalue weighted by atomic mass is 32.1. The molecule has 3 rings (SSSR count). The second-order valence-electron chi connectivity index (χ2n) is 6.99. The van der Waals surface area contributed by atoms with Crippen molar-refractivity contribution < 1.29 is 4.74 Å². The minimum atomic E-state index is 0.496. The van der Waals surface area contributed by atoms with Crippen LogP contribution in [-0.2, 0) is 6.54 Å². The Bertz CT molecular complexity index is 765. The lowest BCUT2D eigenvalue weighted by molar-refractivity contribution is 0.414. The van der Waals surface area contributed by atoms with Crippen LogP contribution >= 0.6 is 12.2 Å². The maximum Gasteiger partial charge on any atom is 0.171 e. The number of rotatable bonds is 5. The van der Waals surface area contributed by atoms with Crippen molar-refractivity contribution in [1.82, 2.24) is 15.1 Å². The molecule has 0 amide bonds. The van der Waals surface area contributed by atoms with E-state index in [1.54, 1.807) is 7.11 Å². The van der Waals surface area contributed by atoms with Gasteiger partial charge in [0.1, 0.15) is 5.75 Å². The molecule has 0 saturated heterocycles. The molecule has 6 heteroatoms. The summed E-state index contributed by atoms with van der Waals surface area (Å²) in [5.74, 6) is 0.861. The van der Waals surface area contributed by atoms with Gasteiger partial charge in [0.05, 0.1) is 30.7 Å². The Hall–Kier alpha value is -2.08. The Morgan fingerprint density at radius 1 is 1.27 bits per heavy atom. The molecule has 1 aromatic heterocycles. The number of methoxy groups -OCH3 is 1. The van der Waals surface area contributed by atoms with Crippen LogP contribution in [0.4, 0.5) is 5.69 Å². The lowest BCUT2D eigenvalue weighted by atomic mass is 9.96. The number of hydrogen-bond acceptors (Lipinski definition) is 3. The highest BCUT2D eigenvalue weighted by molar-refractivity contribution is 7.80. The Labute approximate surface area is 161 Å². The summed E-state index contributed by atoms with van der Waals surface area (Å²) in [7, 11) is 1.69. The Morgan fingerprint density at radius 3 is 2.77 bits per heavy atom. The summed E-state index contributed by atoms with van der Waals surface area (Å²) in [5, 5.41) is 12.2. The van der Waals surface area contributed by atoms with Gasteiger partial charge in [0.25, 0.3) is 0 Å². The number of hydrogen-bond donors (Lipinski definition) is 2. The first-order chi connectivity index (χ1) is 12.6. The molecule has 1 aliphatic rings. The van der Waals surface area contributed by atoms with Crippen LogP contribution in [0.2, 0.25) is 0 Å². The van der Waals surface area contributed by atoms with Gasteiger partial charge in [0.15, 0.2) is 5.11 Å². The normalized spacial score (nSPS) is 14.9. The third kappa shape index (κ3) is 4.55. The van der Waals surface area contributed by atoms with E-state index in [1.165, 1.54) is 32.1 Å². The van der Waals surface area contributed by atoms with E-state index in [2.05, 4.69) is 28.7 Å². The molecule has 1 fully saturated rings. The van der Waals surface area contributed by atoms with Gasteiger partial charge in [-0.3, -0.25) is 4.68 Å². The van der Waals surface area contributed by atoms with E-state index in [9.17, 15) is 0 Å². The van der Waals surface area contributed by atoms with Gasteiger partial charge in [-0.1, -0.05) is 31.4 Å². The molecule has 0 bridgehead atoms. The SMILES string of the molecule is COc1cccc(Cn2nc(C)c(NC(=S)NC3CCCCC3)c2C)c1. The zero-order chi connectivity index (χ0) is 18.5. The van der Waals surface area contributed by atoms with Crippen LogP contribution in [0.3, 0.4) is 0 Å². The van der Waals surface area contributed by atoms with Crippen LogP contribution in [0.15, 0.2) is 24.3 Å².